The Labute approximate surface area is 128 Å². The third kappa shape index (κ3) is 2.24. The lowest BCUT2D eigenvalue weighted by atomic mass is 9.70. The van der Waals surface area contributed by atoms with Gasteiger partial charge in [-0.05, 0) is 6.07 Å². The molecule has 3 nitrogen and oxygen atoms in total. The molecule has 2 aliphatic heterocycles. The summed E-state index contributed by atoms with van der Waals surface area (Å²) in [5.41, 5.74) is -1.09. The average molecular weight is 307 g/mol. The maximum Gasteiger partial charge on any atom is 0.181 e. The normalized spacial score (nSPS) is 34.3. The Morgan fingerprint density at radius 1 is 1.45 bits per heavy atom. The first kappa shape index (κ1) is 15.2. The van der Waals surface area contributed by atoms with Crippen LogP contribution in [0.15, 0.2) is 41.9 Å². The molecule has 0 saturated carbocycles. The molecule has 3 rings (SSSR count). The Hall–Kier alpha value is -1.75. The number of hydrogen-bond acceptors (Lipinski definition) is 3. The number of halogens is 2. The van der Waals surface area contributed by atoms with Crippen LogP contribution in [0.4, 0.5) is 8.78 Å². The molecule has 0 aliphatic carbocycles. The van der Waals surface area contributed by atoms with E-state index in [1.165, 1.54) is 6.07 Å². The van der Waals surface area contributed by atoms with Gasteiger partial charge in [0.15, 0.2) is 5.90 Å². The highest BCUT2D eigenvalue weighted by atomic mass is 19.1. The maximum atomic E-state index is 14.4. The van der Waals surface area contributed by atoms with Crippen molar-refractivity contribution in [3.05, 3.63) is 48.3 Å². The minimum atomic E-state index is -1.34. The molecule has 4 atom stereocenters. The first-order chi connectivity index (χ1) is 10.6. The van der Waals surface area contributed by atoms with Crippen LogP contribution in [0.25, 0.3) is 0 Å². The van der Waals surface area contributed by atoms with Crippen LogP contribution in [0.1, 0.15) is 18.9 Å². The average Bonchev–Trinajstić information content (AvgIpc) is 2.53. The van der Waals surface area contributed by atoms with Crippen molar-refractivity contribution in [3.8, 4) is 0 Å². The van der Waals surface area contributed by atoms with Crippen LogP contribution in [0.3, 0.4) is 0 Å². The van der Waals surface area contributed by atoms with Gasteiger partial charge < -0.3 is 9.47 Å². The van der Waals surface area contributed by atoms with Crippen LogP contribution in [0, 0.1) is 11.7 Å². The number of hydrogen-bond donors (Lipinski definition) is 0. The summed E-state index contributed by atoms with van der Waals surface area (Å²) in [6.07, 6.45) is 1.57. The first-order valence-corrected chi connectivity index (χ1v) is 7.40. The second kappa shape index (κ2) is 5.80. The standard InChI is InChI=1S/C17H19F2NO2/c1-3-14-16-15(8-9-21-14)22-11(2)20-17(16,10-18)12-6-4-5-7-13(12)19/h3-7,14-16H,1,8-10H2,2H3/t14-,15+,16-,17+/m0/s1. The van der Waals surface area contributed by atoms with E-state index in [0.717, 1.165) is 0 Å². The van der Waals surface area contributed by atoms with Crippen LogP contribution < -0.4 is 0 Å². The van der Waals surface area contributed by atoms with Gasteiger partial charge in [0.1, 0.15) is 24.1 Å². The zero-order valence-corrected chi connectivity index (χ0v) is 12.5. The summed E-state index contributed by atoms with van der Waals surface area (Å²) in [7, 11) is 0. The van der Waals surface area contributed by atoms with Crippen molar-refractivity contribution in [2.45, 2.75) is 31.1 Å². The molecule has 5 heteroatoms. The zero-order valence-electron chi connectivity index (χ0n) is 12.5. The van der Waals surface area contributed by atoms with Crippen molar-refractivity contribution in [3.63, 3.8) is 0 Å². The first-order valence-electron chi connectivity index (χ1n) is 7.40. The Morgan fingerprint density at radius 3 is 2.91 bits per heavy atom. The topological polar surface area (TPSA) is 30.8 Å². The fourth-order valence-corrected chi connectivity index (χ4v) is 3.59. The smallest absolute Gasteiger partial charge is 0.181 e. The van der Waals surface area contributed by atoms with Crippen LogP contribution in [0.2, 0.25) is 0 Å². The van der Waals surface area contributed by atoms with Crippen molar-refractivity contribution in [1.29, 1.82) is 0 Å². The SMILES string of the molecule is C=C[C@@H]1OCC[C@H]2OC(C)=N[C@](CF)(c3ccccc3F)[C@@H]12. The highest BCUT2D eigenvalue weighted by Gasteiger charge is 2.54. The molecule has 2 heterocycles. The van der Waals surface area contributed by atoms with Gasteiger partial charge in [-0.15, -0.1) is 6.58 Å². The van der Waals surface area contributed by atoms with E-state index in [1.54, 1.807) is 31.2 Å². The number of benzene rings is 1. The summed E-state index contributed by atoms with van der Waals surface area (Å²) in [6, 6.07) is 6.19. The predicted octanol–water partition coefficient (Wildman–Crippen LogP) is 3.40. The molecule has 22 heavy (non-hydrogen) atoms. The largest absolute Gasteiger partial charge is 0.477 e. The van der Waals surface area contributed by atoms with E-state index in [4.69, 9.17) is 9.47 Å². The lowest BCUT2D eigenvalue weighted by Gasteiger charge is -2.48. The van der Waals surface area contributed by atoms with Gasteiger partial charge in [0.05, 0.1) is 18.6 Å². The van der Waals surface area contributed by atoms with E-state index < -0.39 is 30.1 Å². The molecule has 1 fully saturated rings. The quantitative estimate of drug-likeness (QED) is 0.801. The third-order valence-corrected chi connectivity index (χ3v) is 4.47. The molecule has 1 aromatic carbocycles. The molecular formula is C17H19F2NO2. The Balaban J connectivity index is 2.19. The molecule has 118 valence electrons. The summed E-state index contributed by atoms with van der Waals surface area (Å²) < 4.78 is 40.1. The van der Waals surface area contributed by atoms with E-state index in [1.807, 2.05) is 0 Å². The van der Waals surface area contributed by atoms with Gasteiger partial charge in [0, 0.05) is 18.9 Å². The number of alkyl halides is 1. The molecule has 0 aromatic heterocycles. The number of aliphatic imine (C=N–C) groups is 1. The molecule has 0 amide bonds. The monoisotopic (exact) mass is 307 g/mol. The molecule has 0 N–H and O–H groups in total. The molecule has 0 bridgehead atoms. The van der Waals surface area contributed by atoms with E-state index in [2.05, 4.69) is 11.6 Å². The minimum absolute atomic E-state index is 0.243. The molecule has 0 radical (unpaired) electrons. The predicted molar refractivity (Wildman–Crippen MR) is 80.1 cm³/mol. The molecule has 2 aliphatic rings. The molecule has 0 spiro atoms. The highest BCUT2D eigenvalue weighted by molar-refractivity contribution is 5.75. The summed E-state index contributed by atoms with van der Waals surface area (Å²) in [4.78, 5) is 4.40. The number of nitrogens with zero attached hydrogens (tertiary/aromatic N) is 1. The van der Waals surface area contributed by atoms with Gasteiger partial charge in [-0.1, -0.05) is 24.3 Å². The maximum absolute atomic E-state index is 14.4. The van der Waals surface area contributed by atoms with Gasteiger partial charge in [-0.25, -0.2) is 13.8 Å². The van der Waals surface area contributed by atoms with Crippen LogP contribution in [0.5, 0.6) is 0 Å². The molecule has 0 unspecified atom stereocenters. The van der Waals surface area contributed by atoms with E-state index in [9.17, 15) is 8.78 Å². The highest BCUT2D eigenvalue weighted by Crippen LogP contribution is 2.46. The van der Waals surface area contributed by atoms with Crippen molar-refractivity contribution in [2.75, 3.05) is 13.3 Å². The van der Waals surface area contributed by atoms with Crippen LogP contribution in [-0.2, 0) is 15.0 Å². The van der Waals surface area contributed by atoms with E-state index in [-0.39, 0.29) is 11.7 Å². The van der Waals surface area contributed by atoms with Gasteiger partial charge in [-0.2, -0.15) is 0 Å². The van der Waals surface area contributed by atoms with Gasteiger partial charge in [0.2, 0.25) is 0 Å². The zero-order chi connectivity index (χ0) is 15.7. The van der Waals surface area contributed by atoms with Crippen LogP contribution >= 0.6 is 0 Å². The molecular weight excluding hydrogens is 288 g/mol. The Kier molecular flexibility index (Phi) is 4.00. The van der Waals surface area contributed by atoms with Gasteiger partial charge in [0.25, 0.3) is 0 Å². The van der Waals surface area contributed by atoms with Crippen molar-refractivity contribution >= 4 is 5.90 Å². The van der Waals surface area contributed by atoms with Crippen molar-refractivity contribution in [2.24, 2.45) is 10.9 Å². The third-order valence-electron chi connectivity index (χ3n) is 4.47. The van der Waals surface area contributed by atoms with Crippen molar-refractivity contribution < 1.29 is 18.3 Å². The minimum Gasteiger partial charge on any atom is -0.477 e. The summed E-state index contributed by atoms with van der Waals surface area (Å²) in [6.45, 7) is 5.13. The second-order valence-electron chi connectivity index (χ2n) is 5.71. The number of rotatable bonds is 3. The van der Waals surface area contributed by atoms with Crippen LogP contribution in [-0.4, -0.2) is 31.4 Å². The lowest BCUT2D eigenvalue weighted by Crippen LogP contribution is -2.56. The Bertz CT molecular complexity index is 604. The summed E-state index contributed by atoms with van der Waals surface area (Å²) >= 11 is 0. The fraction of sp³-hybridized carbons (Fsp3) is 0.471. The van der Waals surface area contributed by atoms with Gasteiger partial charge >= 0.3 is 0 Å². The Morgan fingerprint density at radius 2 is 2.23 bits per heavy atom. The molecule has 1 aromatic rings. The van der Waals surface area contributed by atoms with Gasteiger partial charge in [-0.3, -0.25) is 0 Å². The lowest BCUT2D eigenvalue weighted by molar-refractivity contribution is -0.109. The molecule has 1 saturated heterocycles. The fourth-order valence-electron chi connectivity index (χ4n) is 3.59. The second-order valence-corrected chi connectivity index (χ2v) is 5.71. The number of fused-ring (bicyclic) bond motifs is 1. The van der Waals surface area contributed by atoms with E-state index in [0.29, 0.717) is 18.9 Å². The number of ether oxygens (including phenoxy) is 2. The summed E-state index contributed by atoms with van der Waals surface area (Å²) in [5.74, 6) is -0.526. The van der Waals surface area contributed by atoms with Crippen molar-refractivity contribution in [1.82, 2.24) is 0 Å². The van der Waals surface area contributed by atoms with E-state index >= 15 is 0 Å². The summed E-state index contributed by atoms with van der Waals surface area (Å²) in [5, 5.41) is 0.